The van der Waals surface area contributed by atoms with E-state index in [0.717, 1.165) is 0 Å². The van der Waals surface area contributed by atoms with Crippen molar-refractivity contribution in [3.63, 3.8) is 0 Å². The van der Waals surface area contributed by atoms with Crippen molar-refractivity contribution in [2.24, 2.45) is 0 Å². The van der Waals surface area contributed by atoms with E-state index in [4.69, 9.17) is 22.2 Å². The Hall–Kier alpha value is -2.33. The highest BCUT2D eigenvalue weighted by Crippen LogP contribution is 2.24. The molecule has 2 aromatic rings. The standard InChI is InChI=1S/C10H8N4O2S/c1-16-7-4-2-3-6(5-11)8(7)14-9(15)12-13-10(14)17/h2-4H,1H3,(H,12,15)(H,13,17). The van der Waals surface area contributed by atoms with Gasteiger partial charge in [-0.05, 0) is 24.4 Å². The number of aromatic nitrogens is 3. The predicted octanol–water partition coefficient (Wildman–Crippen LogP) is 1.10. The average molecular weight is 248 g/mol. The number of methoxy groups -OCH3 is 1. The lowest BCUT2D eigenvalue weighted by atomic mass is 10.2. The van der Waals surface area contributed by atoms with E-state index in [1.807, 2.05) is 6.07 Å². The van der Waals surface area contributed by atoms with E-state index >= 15 is 0 Å². The number of ether oxygens (including phenoxy) is 1. The van der Waals surface area contributed by atoms with Gasteiger partial charge in [0.1, 0.15) is 17.5 Å². The van der Waals surface area contributed by atoms with Gasteiger partial charge < -0.3 is 4.74 Å². The Balaban J connectivity index is 2.88. The SMILES string of the molecule is COc1cccc(C#N)c1-n1c(=O)[nH][nH]c1=S. The Morgan fingerprint density at radius 1 is 1.47 bits per heavy atom. The molecule has 0 saturated heterocycles. The molecule has 0 atom stereocenters. The first kappa shape index (κ1) is 11.2. The van der Waals surface area contributed by atoms with E-state index in [9.17, 15) is 4.79 Å². The molecule has 2 rings (SSSR count). The van der Waals surface area contributed by atoms with Crippen LogP contribution in [0, 0.1) is 16.1 Å². The molecule has 0 spiro atoms. The van der Waals surface area contributed by atoms with Crippen molar-refractivity contribution < 1.29 is 4.74 Å². The zero-order valence-electron chi connectivity index (χ0n) is 8.85. The molecule has 0 aliphatic heterocycles. The summed E-state index contributed by atoms with van der Waals surface area (Å²) in [6.07, 6.45) is 0. The number of benzene rings is 1. The van der Waals surface area contributed by atoms with Gasteiger partial charge in [-0.3, -0.25) is 5.10 Å². The normalized spacial score (nSPS) is 9.88. The van der Waals surface area contributed by atoms with Gasteiger partial charge in [0.15, 0.2) is 0 Å². The molecule has 1 heterocycles. The monoisotopic (exact) mass is 248 g/mol. The number of para-hydroxylation sites is 1. The van der Waals surface area contributed by atoms with Crippen molar-refractivity contribution >= 4 is 12.2 Å². The molecule has 0 fully saturated rings. The first-order chi connectivity index (χ1) is 8.19. The molecule has 1 aromatic carbocycles. The highest BCUT2D eigenvalue weighted by molar-refractivity contribution is 7.71. The Morgan fingerprint density at radius 2 is 2.24 bits per heavy atom. The van der Waals surface area contributed by atoms with Gasteiger partial charge in [0.25, 0.3) is 0 Å². The van der Waals surface area contributed by atoms with Crippen molar-refractivity contribution in [3.8, 4) is 17.5 Å². The Labute approximate surface area is 101 Å². The van der Waals surface area contributed by atoms with Crippen LogP contribution in [0.15, 0.2) is 23.0 Å². The van der Waals surface area contributed by atoms with Crippen molar-refractivity contribution in [2.75, 3.05) is 7.11 Å². The molecule has 2 N–H and O–H groups in total. The highest BCUT2D eigenvalue weighted by Gasteiger charge is 2.14. The van der Waals surface area contributed by atoms with Crippen LogP contribution in [0.5, 0.6) is 5.75 Å². The second-order valence-electron chi connectivity index (χ2n) is 3.16. The maximum atomic E-state index is 11.6. The van der Waals surface area contributed by atoms with Crippen LogP contribution in [0.1, 0.15) is 5.56 Å². The number of nitrogens with one attached hydrogen (secondary N) is 2. The number of nitriles is 1. The maximum Gasteiger partial charge on any atom is 0.347 e. The molecule has 0 saturated carbocycles. The summed E-state index contributed by atoms with van der Waals surface area (Å²) in [4.78, 5) is 11.6. The van der Waals surface area contributed by atoms with Crippen LogP contribution in [-0.2, 0) is 0 Å². The van der Waals surface area contributed by atoms with Crippen molar-refractivity contribution in [1.82, 2.24) is 14.8 Å². The summed E-state index contributed by atoms with van der Waals surface area (Å²) in [6, 6.07) is 6.92. The molecule has 0 radical (unpaired) electrons. The topological polar surface area (TPSA) is 86.6 Å². The number of rotatable bonds is 2. The third kappa shape index (κ3) is 1.74. The van der Waals surface area contributed by atoms with Crippen LogP contribution < -0.4 is 10.4 Å². The van der Waals surface area contributed by atoms with Crippen molar-refractivity contribution in [3.05, 3.63) is 39.0 Å². The van der Waals surface area contributed by atoms with Gasteiger partial charge in [0.2, 0.25) is 4.77 Å². The van der Waals surface area contributed by atoms with E-state index in [0.29, 0.717) is 17.0 Å². The maximum absolute atomic E-state index is 11.6. The Morgan fingerprint density at radius 3 is 2.76 bits per heavy atom. The molecule has 0 unspecified atom stereocenters. The molecule has 7 heteroatoms. The summed E-state index contributed by atoms with van der Waals surface area (Å²) in [6.45, 7) is 0. The van der Waals surface area contributed by atoms with Crippen LogP contribution in [-0.4, -0.2) is 21.9 Å². The minimum atomic E-state index is -0.448. The molecule has 1 aromatic heterocycles. The zero-order chi connectivity index (χ0) is 12.4. The number of aromatic amines is 2. The first-order valence-corrected chi connectivity index (χ1v) is 5.07. The van der Waals surface area contributed by atoms with E-state index in [-0.39, 0.29) is 4.77 Å². The third-order valence-corrected chi connectivity index (χ3v) is 2.53. The Kier molecular flexibility index (Phi) is 2.80. The van der Waals surface area contributed by atoms with E-state index < -0.39 is 5.69 Å². The molecule has 0 aliphatic rings. The molecule has 0 bridgehead atoms. The van der Waals surface area contributed by atoms with Crippen molar-refractivity contribution in [1.29, 1.82) is 5.26 Å². The smallest absolute Gasteiger partial charge is 0.347 e. The summed E-state index contributed by atoms with van der Waals surface area (Å²) in [5, 5.41) is 13.9. The zero-order valence-corrected chi connectivity index (χ0v) is 9.67. The summed E-state index contributed by atoms with van der Waals surface area (Å²) < 4.78 is 6.50. The number of H-pyrrole nitrogens is 2. The lowest BCUT2D eigenvalue weighted by Crippen LogP contribution is -2.16. The minimum absolute atomic E-state index is 0.177. The molecular weight excluding hydrogens is 240 g/mol. The van der Waals surface area contributed by atoms with Crippen LogP contribution in [0.4, 0.5) is 0 Å². The largest absolute Gasteiger partial charge is 0.495 e. The Bertz CT molecular complexity index is 677. The number of hydrogen-bond donors (Lipinski definition) is 2. The van der Waals surface area contributed by atoms with Gasteiger partial charge in [-0.25, -0.2) is 14.5 Å². The fraction of sp³-hybridized carbons (Fsp3) is 0.100. The van der Waals surface area contributed by atoms with E-state index in [1.165, 1.54) is 11.7 Å². The molecule has 0 amide bonds. The predicted molar refractivity (Wildman–Crippen MR) is 62.8 cm³/mol. The lowest BCUT2D eigenvalue weighted by molar-refractivity contribution is 0.412. The third-order valence-electron chi connectivity index (χ3n) is 2.25. The van der Waals surface area contributed by atoms with Gasteiger partial charge in [-0.15, -0.1) is 0 Å². The molecule has 0 aliphatic carbocycles. The second kappa shape index (κ2) is 4.27. The summed E-state index contributed by atoms with van der Waals surface area (Å²) in [5.74, 6) is 0.408. The average Bonchev–Trinajstić information content (AvgIpc) is 2.68. The number of hydrogen-bond acceptors (Lipinski definition) is 4. The second-order valence-corrected chi connectivity index (χ2v) is 3.55. The molecule has 86 valence electrons. The molecular formula is C10H8N4O2S. The molecule has 17 heavy (non-hydrogen) atoms. The van der Waals surface area contributed by atoms with Gasteiger partial charge in [0.05, 0.1) is 12.7 Å². The fourth-order valence-electron chi connectivity index (χ4n) is 1.52. The highest BCUT2D eigenvalue weighted by atomic mass is 32.1. The molecule has 6 nitrogen and oxygen atoms in total. The summed E-state index contributed by atoms with van der Waals surface area (Å²) in [5.41, 5.74) is 0.201. The summed E-state index contributed by atoms with van der Waals surface area (Å²) in [7, 11) is 1.46. The quantitative estimate of drug-likeness (QED) is 0.779. The minimum Gasteiger partial charge on any atom is -0.495 e. The van der Waals surface area contributed by atoms with Gasteiger partial charge in [-0.1, -0.05) is 6.07 Å². The first-order valence-electron chi connectivity index (χ1n) is 4.66. The van der Waals surface area contributed by atoms with Gasteiger partial charge in [0, 0.05) is 0 Å². The van der Waals surface area contributed by atoms with Crippen LogP contribution in [0.25, 0.3) is 5.69 Å². The van der Waals surface area contributed by atoms with E-state index in [1.54, 1.807) is 18.2 Å². The van der Waals surface area contributed by atoms with Gasteiger partial charge >= 0.3 is 5.69 Å². The van der Waals surface area contributed by atoms with Gasteiger partial charge in [-0.2, -0.15) is 5.26 Å². The lowest BCUT2D eigenvalue weighted by Gasteiger charge is -2.09. The van der Waals surface area contributed by atoms with Crippen LogP contribution >= 0.6 is 12.2 Å². The van der Waals surface area contributed by atoms with E-state index in [2.05, 4.69) is 10.2 Å². The fourth-order valence-corrected chi connectivity index (χ4v) is 1.75. The van der Waals surface area contributed by atoms with Crippen LogP contribution in [0.2, 0.25) is 0 Å². The number of nitrogens with zero attached hydrogens (tertiary/aromatic N) is 2. The summed E-state index contributed by atoms with van der Waals surface area (Å²) >= 11 is 4.98. The van der Waals surface area contributed by atoms with Crippen LogP contribution in [0.3, 0.4) is 0 Å². The van der Waals surface area contributed by atoms with Crippen molar-refractivity contribution in [2.45, 2.75) is 0 Å².